The summed E-state index contributed by atoms with van der Waals surface area (Å²) < 4.78 is 0. The predicted molar refractivity (Wildman–Crippen MR) is 116 cm³/mol. The molecule has 0 aliphatic carbocycles. The highest BCUT2D eigenvalue weighted by atomic mass is 16.4. The highest BCUT2D eigenvalue weighted by molar-refractivity contribution is 5.93. The maximum atomic E-state index is 12.9. The molecule has 33 heavy (non-hydrogen) atoms. The van der Waals surface area contributed by atoms with E-state index in [9.17, 15) is 29.4 Å². The molecule has 0 aromatic carbocycles. The third kappa shape index (κ3) is 9.96. The minimum atomic E-state index is -1.59. The summed E-state index contributed by atoms with van der Waals surface area (Å²) in [5.41, 5.74) is 16.3. The maximum absolute atomic E-state index is 12.9. The number of nitrogens with zero attached hydrogens (tertiary/aromatic N) is 2. The Morgan fingerprint density at radius 2 is 1.82 bits per heavy atom. The van der Waals surface area contributed by atoms with Gasteiger partial charge in [-0.25, -0.2) is 9.78 Å². The van der Waals surface area contributed by atoms with E-state index in [1.165, 1.54) is 19.4 Å². The molecule has 3 amide bonds. The summed E-state index contributed by atoms with van der Waals surface area (Å²) in [5.74, 6) is -3.71. The number of carboxylic acids is 1. The molecule has 0 spiro atoms. The number of carboxylic acid groups (broad SMARTS) is 1. The summed E-state index contributed by atoms with van der Waals surface area (Å²) in [6, 6.07) is -3.89. The monoisotopic (exact) mass is 469 g/mol. The molecule has 0 fully saturated rings. The number of imidazole rings is 1. The Balaban J connectivity index is 3.00. The van der Waals surface area contributed by atoms with E-state index < -0.39 is 47.9 Å². The lowest BCUT2D eigenvalue weighted by Gasteiger charge is -2.25. The zero-order valence-electron chi connectivity index (χ0n) is 18.2. The average molecular weight is 470 g/mol. The van der Waals surface area contributed by atoms with Crippen LogP contribution in [-0.2, 0) is 25.6 Å². The van der Waals surface area contributed by atoms with E-state index in [2.05, 4.69) is 30.9 Å². The van der Waals surface area contributed by atoms with Crippen LogP contribution in [-0.4, -0.2) is 87.2 Å². The van der Waals surface area contributed by atoms with Crippen molar-refractivity contribution in [2.75, 3.05) is 13.1 Å². The van der Waals surface area contributed by atoms with E-state index in [-0.39, 0.29) is 31.9 Å². The molecule has 15 nitrogen and oxygen atoms in total. The number of carbonyl (C=O) groups is 4. The van der Waals surface area contributed by atoms with Crippen LogP contribution in [0.1, 0.15) is 25.5 Å². The first-order valence-corrected chi connectivity index (χ1v) is 10.1. The summed E-state index contributed by atoms with van der Waals surface area (Å²) in [4.78, 5) is 59.2. The Bertz CT molecular complexity index is 823. The van der Waals surface area contributed by atoms with Crippen LogP contribution < -0.4 is 33.2 Å². The van der Waals surface area contributed by atoms with Crippen LogP contribution in [0.4, 0.5) is 0 Å². The molecular formula is C18H31N9O6. The molecule has 12 N–H and O–H groups in total. The summed E-state index contributed by atoms with van der Waals surface area (Å²) in [7, 11) is 0. The number of aromatic amines is 1. The van der Waals surface area contributed by atoms with Crippen molar-refractivity contribution in [2.45, 2.75) is 50.4 Å². The summed E-state index contributed by atoms with van der Waals surface area (Å²) >= 11 is 0. The first kappa shape index (κ1) is 27.3. The molecule has 0 aliphatic rings. The second-order valence-corrected chi connectivity index (χ2v) is 7.18. The van der Waals surface area contributed by atoms with Gasteiger partial charge < -0.3 is 48.3 Å². The van der Waals surface area contributed by atoms with Crippen molar-refractivity contribution < 1.29 is 29.4 Å². The van der Waals surface area contributed by atoms with Crippen molar-refractivity contribution in [1.82, 2.24) is 25.9 Å². The van der Waals surface area contributed by atoms with Crippen LogP contribution in [0.15, 0.2) is 17.5 Å². The molecule has 1 heterocycles. The fourth-order valence-corrected chi connectivity index (χ4v) is 2.77. The van der Waals surface area contributed by atoms with E-state index in [4.69, 9.17) is 17.2 Å². The molecule has 184 valence electrons. The summed E-state index contributed by atoms with van der Waals surface area (Å²) in [5, 5.41) is 26.0. The summed E-state index contributed by atoms with van der Waals surface area (Å²) in [6.07, 6.45) is 1.82. The van der Waals surface area contributed by atoms with Gasteiger partial charge in [0.1, 0.15) is 12.1 Å². The number of aliphatic hydroxyl groups excluding tert-OH is 1. The van der Waals surface area contributed by atoms with Crippen molar-refractivity contribution in [3.05, 3.63) is 18.2 Å². The Morgan fingerprint density at radius 3 is 2.33 bits per heavy atom. The van der Waals surface area contributed by atoms with Crippen LogP contribution >= 0.6 is 0 Å². The average Bonchev–Trinajstić information content (AvgIpc) is 3.25. The van der Waals surface area contributed by atoms with Gasteiger partial charge >= 0.3 is 5.97 Å². The molecule has 1 aromatic heterocycles. The Hall–Kier alpha value is -3.72. The van der Waals surface area contributed by atoms with Crippen LogP contribution in [0.5, 0.6) is 0 Å². The van der Waals surface area contributed by atoms with E-state index in [0.717, 1.165) is 0 Å². The van der Waals surface area contributed by atoms with Crippen LogP contribution in [0.2, 0.25) is 0 Å². The lowest BCUT2D eigenvalue weighted by atomic mass is 10.1. The number of hydrogen-bond donors (Lipinski definition) is 9. The molecular weight excluding hydrogens is 438 g/mol. The lowest BCUT2D eigenvalue weighted by Crippen LogP contribution is -2.58. The Kier molecular flexibility index (Phi) is 11.3. The minimum absolute atomic E-state index is 0.0602. The number of nitrogens with one attached hydrogen (secondary N) is 4. The molecule has 4 atom stereocenters. The zero-order chi connectivity index (χ0) is 25.0. The number of aliphatic hydroxyl groups is 1. The Labute approximate surface area is 189 Å². The smallest absolute Gasteiger partial charge is 0.328 e. The normalized spacial score (nSPS) is 14.3. The molecule has 0 aliphatic heterocycles. The number of aliphatic carboxylic acids is 1. The molecule has 4 unspecified atom stereocenters. The topological polar surface area (TPSA) is 264 Å². The largest absolute Gasteiger partial charge is 0.480 e. The van der Waals surface area contributed by atoms with Crippen molar-refractivity contribution in [3.8, 4) is 0 Å². The number of rotatable bonds is 14. The van der Waals surface area contributed by atoms with Gasteiger partial charge in [-0.1, -0.05) is 0 Å². The van der Waals surface area contributed by atoms with Crippen molar-refractivity contribution in [3.63, 3.8) is 0 Å². The van der Waals surface area contributed by atoms with E-state index >= 15 is 0 Å². The SMILES string of the molecule is CC(O)C(NC(=O)C(Cc1cnc[nH]1)NC(=O)C(CCCN=C(N)N)NC(=O)CN)C(=O)O. The van der Waals surface area contributed by atoms with E-state index in [1.54, 1.807) is 0 Å². The maximum Gasteiger partial charge on any atom is 0.328 e. The van der Waals surface area contributed by atoms with Gasteiger partial charge in [-0.2, -0.15) is 0 Å². The number of carbonyl (C=O) groups excluding carboxylic acids is 3. The van der Waals surface area contributed by atoms with Gasteiger partial charge in [0.2, 0.25) is 17.7 Å². The number of aliphatic imine (C=N–C) groups is 1. The van der Waals surface area contributed by atoms with E-state index in [1.807, 2.05) is 0 Å². The van der Waals surface area contributed by atoms with Crippen molar-refractivity contribution >= 4 is 29.7 Å². The van der Waals surface area contributed by atoms with Crippen LogP contribution in [0, 0.1) is 0 Å². The highest BCUT2D eigenvalue weighted by Gasteiger charge is 2.31. The highest BCUT2D eigenvalue weighted by Crippen LogP contribution is 2.05. The molecule has 1 rings (SSSR count). The van der Waals surface area contributed by atoms with Crippen molar-refractivity contribution in [2.24, 2.45) is 22.2 Å². The number of hydrogen-bond acceptors (Lipinski definition) is 8. The third-order valence-electron chi connectivity index (χ3n) is 4.44. The van der Waals surface area contributed by atoms with Gasteiger partial charge in [0.15, 0.2) is 12.0 Å². The molecule has 0 radical (unpaired) electrons. The second kappa shape index (κ2) is 13.6. The standard InChI is InChI=1S/C18H31N9O6/c1-9(28)14(17(32)33)27-16(31)12(5-10-7-22-8-24-10)26-15(30)11(25-13(29)6-19)3-2-4-23-18(20)21/h7-9,11-12,14,28H,2-6,19H2,1H3,(H,22,24)(H,25,29)(H,26,30)(H,27,31)(H,32,33)(H4,20,21,23). The van der Waals surface area contributed by atoms with Gasteiger partial charge in [0.25, 0.3) is 0 Å². The van der Waals surface area contributed by atoms with Crippen molar-refractivity contribution in [1.29, 1.82) is 0 Å². The van der Waals surface area contributed by atoms with Gasteiger partial charge in [0, 0.05) is 24.9 Å². The number of H-pyrrole nitrogens is 1. The molecule has 0 saturated heterocycles. The quantitative estimate of drug-likeness (QED) is 0.0721. The second-order valence-electron chi connectivity index (χ2n) is 7.18. The fourth-order valence-electron chi connectivity index (χ4n) is 2.77. The molecule has 0 bridgehead atoms. The lowest BCUT2D eigenvalue weighted by molar-refractivity contribution is -0.145. The molecule has 1 aromatic rings. The number of amides is 3. The first-order valence-electron chi connectivity index (χ1n) is 10.1. The Morgan fingerprint density at radius 1 is 1.15 bits per heavy atom. The van der Waals surface area contributed by atoms with Gasteiger partial charge in [0.05, 0.1) is 19.0 Å². The van der Waals surface area contributed by atoms with Crippen LogP contribution in [0.25, 0.3) is 0 Å². The molecule has 15 heteroatoms. The third-order valence-corrected chi connectivity index (χ3v) is 4.44. The predicted octanol–water partition coefficient (Wildman–Crippen LogP) is -4.12. The molecule has 0 saturated carbocycles. The minimum Gasteiger partial charge on any atom is -0.480 e. The number of aromatic nitrogens is 2. The van der Waals surface area contributed by atoms with Gasteiger partial charge in [-0.3, -0.25) is 19.4 Å². The number of guanidine groups is 1. The first-order chi connectivity index (χ1) is 15.5. The number of nitrogens with two attached hydrogens (primary N) is 3. The van der Waals surface area contributed by atoms with Gasteiger partial charge in [-0.05, 0) is 19.8 Å². The van der Waals surface area contributed by atoms with E-state index in [0.29, 0.717) is 12.1 Å². The fraction of sp³-hybridized carbons (Fsp3) is 0.556. The summed E-state index contributed by atoms with van der Waals surface area (Å²) in [6.45, 7) is 1.05. The zero-order valence-corrected chi connectivity index (χ0v) is 18.2. The van der Waals surface area contributed by atoms with Crippen LogP contribution in [0.3, 0.4) is 0 Å². The van der Waals surface area contributed by atoms with Gasteiger partial charge in [-0.15, -0.1) is 0 Å².